The average molecular weight is 525 g/mol. The molecule has 0 bridgehead atoms. The molecule has 1 unspecified atom stereocenters. The minimum atomic E-state index is -5.06. The van der Waals surface area contributed by atoms with Crippen molar-refractivity contribution >= 4 is 5.78 Å². The summed E-state index contributed by atoms with van der Waals surface area (Å²) in [5.74, 6) is -8.82. The lowest BCUT2D eigenvalue weighted by Gasteiger charge is -2.35. The Morgan fingerprint density at radius 3 is 2.14 bits per heavy atom. The molecule has 4 rings (SSSR count). The monoisotopic (exact) mass is 525 g/mol. The fraction of sp³-hybridized carbons (Fsp3) is 0.174. The summed E-state index contributed by atoms with van der Waals surface area (Å²) in [6, 6.07) is 7.88. The molecule has 37 heavy (non-hydrogen) atoms. The maximum atomic E-state index is 15.8. The van der Waals surface area contributed by atoms with Gasteiger partial charge in [0.1, 0.15) is 23.7 Å². The van der Waals surface area contributed by atoms with Crippen molar-refractivity contribution < 1.29 is 40.6 Å². The van der Waals surface area contributed by atoms with Crippen molar-refractivity contribution in [2.24, 2.45) is 0 Å². The van der Waals surface area contributed by atoms with Crippen LogP contribution in [0.1, 0.15) is 21.6 Å². The Kier molecular flexibility index (Phi) is 6.54. The van der Waals surface area contributed by atoms with Crippen LogP contribution in [-0.2, 0) is 18.1 Å². The van der Waals surface area contributed by atoms with Crippen molar-refractivity contribution in [2.45, 2.75) is 24.2 Å². The molecule has 0 amide bonds. The molecular formula is C23H14F7N5O2. The average Bonchev–Trinajstić information content (AvgIpc) is 3.36. The number of tetrazole rings is 1. The number of aromatic nitrogens is 5. The number of alkyl halides is 5. The summed E-state index contributed by atoms with van der Waals surface area (Å²) < 4.78 is 98.0. The summed E-state index contributed by atoms with van der Waals surface area (Å²) in [5.41, 5.74) is -5.42. The number of hydrogen-bond acceptors (Lipinski definition) is 6. The van der Waals surface area contributed by atoms with E-state index < -0.39 is 58.5 Å². The van der Waals surface area contributed by atoms with Crippen molar-refractivity contribution in [2.75, 3.05) is 0 Å². The van der Waals surface area contributed by atoms with E-state index in [-0.39, 0.29) is 11.1 Å². The number of Topliss-reactive ketones (excluding diaryl/α,β-unsaturated/α-hetero) is 1. The van der Waals surface area contributed by atoms with Crippen molar-refractivity contribution in [3.8, 4) is 11.1 Å². The fourth-order valence-electron chi connectivity index (χ4n) is 3.61. The molecule has 0 fully saturated rings. The molecule has 0 saturated carbocycles. The first kappa shape index (κ1) is 25.9. The van der Waals surface area contributed by atoms with Gasteiger partial charge in [-0.2, -0.15) is 22.0 Å². The zero-order chi connectivity index (χ0) is 27.0. The fourth-order valence-corrected chi connectivity index (χ4v) is 3.61. The molecule has 0 aliphatic heterocycles. The standard InChI is InChI=1S/C23H14F7N5O2/c24-16-6-7-17(18(25)9-16)21(37,11-35-12-32-33-34-35)22(26,27)19-8-5-15(10-31-19)13-1-3-14(4-2-13)20(36)23(28,29)30/h1-10,12,37H,11H2. The first-order valence-electron chi connectivity index (χ1n) is 10.3. The summed E-state index contributed by atoms with van der Waals surface area (Å²) in [7, 11) is 0. The molecule has 0 aliphatic carbocycles. The van der Waals surface area contributed by atoms with Gasteiger partial charge >= 0.3 is 12.1 Å². The van der Waals surface area contributed by atoms with E-state index in [4.69, 9.17) is 0 Å². The van der Waals surface area contributed by atoms with Gasteiger partial charge in [-0.05, 0) is 34.2 Å². The number of halogens is 7. The molecule has 14 heteroatoms. The Morgan fingerprint density at radius 1 is 0.919 bits per heavy atom. The van der Waals surface area contributed by atoms with Crippen LogP contribution >= 0.6 is 0 Å². The number of benzene rings is 2. The lowest BCUT2D eigenvalue weighted by Crippen LogP contribution is -2.48. The van der Waals surface area contributed by atoms with Gasteiger partial charge < -0.3 is 5.11 Å². The minimum absolute atomic E-state index is 0.197. The van der Waals surface area contributed by atoms with Crippen molar-refractivity contribution in [1.29, 1.82) is 0 Å². The van der Waals surface area contributed by atoms with Crippen LogP contribution in [0.25, 0.3) is 11.1 Å². The Bertz CT molecular complexity index is 1410. The second-order valence-corrected chi connectivity index (χ2v) is 7.90. The SMILES string of the molecule is O=C(c1ccc(-c2ccc(C(F)(F)C(O)(Cn3cnnn3)c3ccc(F)cc3F)nc2)cc1)C(F)(F)F. The Morgan fingerprint density at radius 2 is 1.59 bits per heavy atom. The van der Waals surface area contributed by atoms with E-state index in [0.29, 0.717) is 18.2 Å². The third kappa shape index (κ3) is 4.91. The highest BCUT2D eigenvalue weighted by Crippen LogP contribution is 2.46. The molecule has 0 saturated heterocycles. The van der Waals surface area contributed by atoms with E-state index in [1.54, 1.807) is 0 Å². The molecule has 0 radical (unpaired) electrons. The van der Waals surface area contributed by atoms with Gasteiger partial charge in [0.25, 0.3) is 5.78 Å². The van der Waals surface area contributed by atoms with Gasteiger partial charge in [0, 0.05) is 29.0 Å². The number of ketones is 1. The van der Waals surface area contributed by atoms with Crippen LogP contribution in [0, 0.1) is 11.6 Å². The van der Waals surface area contributed by atoms with Gasteiger partial charge in [0.15, 0.2) is 5.60 Å². The van der Waals surface area contributed by atoms with E-state index in [9.17, 15) is 31.9 Å². The molecule has 0 spiro atoms. The first-order valence-corrected chi connectivity index (χ1v) is 10.3. The third-order valence-corrected chi connectivity index (χ3v) is 5.50. The smallest absolute Gasteiger partial charge is 0.377 e. The number of carbonyl (C=O) groups is 1. The summed E-state index contributed by atoms with van der Waals surface area (Å²) in [5, 5.41) is 21.2. The highest BCUT2D eigenvalue weighted by molar-refractivity contribution is 6.00. The second kappa shape index (κ2) is 9.35. The second-order valence-electron chi connectivity index (χ2n) is 7.90. The molecule has 4 aromatic rings. The van der Waals surface area contributed by atoms with E-state index >= 15 is 8.78 Å². The summed E-state index contributed by atoms with van der Waals surface area (Å²) in [4.78, 5) is 15.0. The summed E-state index contributed by atoms with van der Waals surface area (Å²) in [6.07, 6.45) is -3.19. The molecule has 192 valence electrons. The van der Waals surface area contributed by atoms with Crippen LogP contribution in [0.4, 0.5) is 30.7 Å². The van der Waals surface area contributed by atoms with Crippen molar-refractivity contribution in [3.63, 3.8) is 0 Å². The number of rotatable bonds is 7. The van der Waals surface area contributed by atoms with Crippen LogP contribution in [-0.4, -0.2) is 42.3 Å². The Balaban J connectivity index is 1.70. The van der Waals surface area contributed by atoms with Gasteiger partial charge in [-0.1, -0.05) is 30.3 Å². The van der Waals surface area contributed by atoms with E-state index in [1.165, 1.54) is 12.1 Å². The van der Waals surface area contributed by atoms with E-state index in [2.05, 4.69) is 20.5 Å². The Labute approximate surface area is 203 Å². The molecule has 2 aromatic heterocycles. The number of hydrogen-bond donors (Lipinski definition) is 1. The first-order chi connectivity index (χ1) is 17.3. The lowest BCUT2D eigenvalue weighted by molar-refractivity contribution is -0.207. The van der Waals surface area contributed by atoms with Crippen LogP contribution in [0.5, 0.6) is 0 Å². The van der Waals surface area contributed by atoms with Crippen LogP contribution < -0.4 is 0 Å². The predicted octanol–water partition coefficient (Wildman–Crippen LogP) is 4.44. The van der Waals surface area contributed by atoms with Gasteiger partial charge in [-0.3, -0.25) is 9.78 Å². The summed E-state index contributed by atoms with van der Waals surface area (Å²) in [6.45, 7) is -1.03. The lowest BCUT2D eigenvalue weighted by atomic mass is 9.84. The van der Waals surface area contributed by atoms with Crippen molar-refractivity contribution in [1.82, 2.24) is 25.2 Å². The van der Waals surface area contributed by atoms with Crippen LogP contribution in [0.2, 0.25) is 0 Å². The van der Waals surface area contributed by atoms with Crippen molar-refractivity contribution in [3.05, 3.63) is 95.6 Å². The molecule has 1 atom stereocenters. The molecular weight excluding hydrogens is 511 g/mol. The molecule has 0 aliphatic rings. The van der Waals surface area contributed by atoms with Crippen LogP contribution in [0.15, 0.2) is 67.1 Å². The van der Waals surface area contributed by atoms with Gasteiger partial charge in [-0.25, -0.2) is 13.5 Å². The normalized spacial score (nSPS) is 13.8. The molecule has 7 nitrogen and oxygen atoms in total. The van der Waals surface area contributed by atoms with E-state index in [1.807, 2.05) is 0 Å². The molecule has 2 heterocycles. The topological polar surface area (TPSA) is 93.8 Å². The summed E-state index contributed by atoms with van der Waals surface area (Å²) >= 11 is 0. The highest BCUT2D eigenvalue weighted by atomic mass is 19.4. The predicted molar refractivity (Wildman–Crippen MR) is 112 cm³/mol. The third-order valence-electron chi connectivity index (χ3n) is 5.50. The zero-order valence-electron chi connectivity index (χ0n) is 18.3. The van der Waals surface area contributed by atoms with E-state index in [0.717, 1.165) is 41.5 Å². The number of nitrogens with zero attached hydrogens (tertiary/aromatic N) is 5. The highest BCUT2D eigenvalue weighted by Gasteiger charge is 2.58. The quantitative estimate of drug-likeness (QED) is 0.283. The van der Waals surface area contributed by atoms with Gasteiger partial charge in [0.2, 0.25) is 0 Å². The van der Waals surface area contributed by atoms with Gasteiger partial charge in [0.05, 0.1) is 6.54 Å². The number of pyridine rings is 1. The number of aliphatic hydroxyl groups is 1. The maximum absolute atomic E-state index is 15.8. The van der Waals surface area contributed by atoms with Gasteiger partial charge in [-0.15, -0.1) is 5.10 Å². The minimum Gasteiger partial charge on any atom is -0.377 e. The molecule has 2 aromatic carbocycles. The Hall–Kier alpha value is -4.20. The molecule has 1 N–H and O–H groups in total. The maximum Gasteiger partial charge on any atom is 0.454 e. The van der Waals surface area contributed by atoms with Crippen LogP contribution in [0.3, 0.4) is 0 Å². The zero-order valence-corrected chi connectivity index (χ0v) is 18.3. The largest absolute Gasteiger partial charge is 0.454 e. The number of carbonyl (C=O) groups excluding carboxylic acids is 1.